The van der Waals surface area contributed by atoms with Gasteiger partial charge in [0.1, 0.15) is 4.87 Å². The highest BCUT2D eigenvalue weighted by atomic mass is 35.5. The first kappa shape index (κ1) is 9.25. The summed E-state index contributed by atoms with van der Waals surface area (Å²) in [4.78, 5) is 10.1. The van der Waals surface area contributed by atoms with Crippen molar-refractivity contribution in [3.63, 3.8) is 0 Å². The third kappa shape index (κ3) is 2.55. The minimum Gasteiger partial charge on any atom is -0.296 e. The highest BCUT2D eigenvalue weighted by Gasteiger charge is 2.26. The quantitative estimate of drug-likeness (QED) is 0.592. The van der Waals surface area contributed by atoms with E-state index >= 15 is 0 Å². The highest BCUT2D eigenvalue weighted by Crippen LogP contribution is 2.19. The summed E-state index contributed by atoms with van der Waals surface area (Å²) in [5.74, 6) is -0.0956. The maximum absolute atomic E-state index is 10.8. The monoisotopic (exact) mass is 168 g/mol. The first-order valence-corrected chi connectivity index (χ1v) is 3.74. The topological polar surface area (TPSA) is 17.1 Å². The molecule has 0 aliphatic rings. The van der Waals surface area contributed by atoms with Crippen molar-refractivity contribution in [2.45, 2.75) is 25.1 Å². The summed E-state index contributed by atoms with van der Waals surface area (Å²) in [7, 11) is 0. The number of ketones is 1. The minimum absolute atomic E-state index is 0.00778. The van der Waals surface area contributed by atoms with E-state index in [9.17, 15) is 4.79 Å². The van der Waals surface area contributed by atoms with Crippen LogP contribution in [0, 0.1) is 0 Å². The van der Waals surface area contributed by atoms with Gasteiger partial charge in [-0.25, -0.2) is 0 Å². The number of hydrogen-bond acceptors (Lipinski definition) is 1. The van der Waals surface area contributed by atoms with Crippen LogP contribution >= 0.6 is 23.2 Å². The lowest BCUT2D eigenvalue weighted by Gasteiger charge is -2.15. The zero-order valence-electron chi connectivity index (χ0n) is 5.58. The summed E-state index contributed by atoms with van der Waals surface area (Å²) in [5, 5.41) is 0. The van der Waals surface area contributed by atoms with E-state index < -0.39 is 4.87 Å². The van der Waals surface area contributed by atoms with Gasteiger partial charge in [-0.15, -0.1) is 23.2 Å². The van der Waals surface area contributed by atoms with Crippen molar-refractivity contribution in [2.24, 2.45) is 0 Å². The van der Waals surface area contributed by atoms with E-state index in [2.05, 4.69) is 0 Å². The molecule has 1 nitrogen and oxygen atoms in total. The van der Waals surface area contributed by atoms with Crippen LogP contribution in [-0.2, 0) is 4.79 Å². The van der Waals surface area contributed by atoms with Crippen LogP contribution in [0.1, 0.15) is 20.3 Å². The molecule has 0 radical (unpaired) electrons. The fraction of sp³-hybridized carbons (Fsp3) is 0.833. The third-order valence-electron chi connectivity index (χ3n) is 1.37. The smallest absolute Gasteiger partial charge is 0.168 e. The van der Waals surface area contributed by atoms with Gasteiger partial charge in [0.15, 0.2) is 5.78 Å². The summed E-state index contributed by atoms with van der Waals surface area (Å²) >= 11 is 11.0. The van der Waals surface area contributed by atoms with E-state index in [0.717, 1.165) is 0 Å². The largest absolute Gasteiger partial charge is 0.296 e. The van der Waals surface area contributed by atoms with Crippen molar-refractivity contribution in [2.75, 3.05) is 5.88 Å². The molecule has 1 unspecified atom stereocenters. The van der Waals surface area contributed by atoms with Gasteiger partial charge >= 0.3 is 0 Å². The number of hydrogen-bond donors (Lipinski definition) is 0. The van der Waals surface area contributed by atoms with Gasteiger partial charge in [-0.3, -0.25) is 4.79 Å². The number of alkyl halides is 2. The Kier molecular flexibility index (Phi) is 3.52. The lowest BCUT2D eigenvalue weighted by atomic mass is 10.0. The molecule has 3 heteroatoms. The number of halogens is 2. The first-order chi connectivity index (χ1) is 4.04. The third-order valence-corrected chi connectivity index (χ3v) is 2.09. The maximum Gasteiger partial charge on any atom is 0.168 e. The van der Waals surface area contributed by atoms with Crippen molar-refractivity contribution in [1.29, 1.82) is 0 Å². The van der Waals surface area contributed by atoms with E-state index in [1.165, 1.54) is 0 Å². The summed E-state index contributed by atoms with van der Waals surface area (Å²) in [6.07, 6.45) is 0.625. The Morgan fingerprint density at radius 3 is 2.22 bits per heavy atom. The molecule has 0 aromatic heterocycles. The Morgan fingerprint density at radius 2 is 2.11 bits per heavy atom. The van der Waals surface area contributed by atoms with Crippen molar-refractivity contribution in [1.82, 2.24) is 0 Å². The molecular formula is C6H10Cl2O. The molecule has 0 fully saturated rings. The summed E-state index contributed by atoms with van der Waals surface area (Å²) in [5.41, 5.74) is 0. The van der Waals surface area contributed by atoms with Crippen LogP contribution in [0.15, 0.2) is 0 Å². The molecule has 0 saturated heterocycles. The second-order valence-electron chi connectivity index (χ2n) is 2.11. The predicted molar refractivity (Wildman–Crippen MR) is 40.3 cm³/mol. The molecular weight excluding hydrogens is 159 g/mol. The normalized spacial score (nSPS) is 16.9. The van der Waals surface area contributed by atoms with Gasteiger partial charge in [-0.05, 0) is 13.3 Å². The Balaban J connectivity index is 3.97. The molecule has 1 atom stereocenters. The van der Waals surface area contributed by atoms with Crippen LogP contribution in [0.5, 0.6) is 0 Å². The first-order valence-electron chi connectivity index (χ1n) is 2.82. The maximum atomic E-state index is 10.8. The SMILES string of the molecule is CCC(C)(Cl)C(=O)CCl. The van der Waals surface area contributed by atoms with Crippen LogP contribution in [0.2, 0.25) is 0 Å². The summed E-state index contributed by atoms with van der Waals surface area (Å²) < 4.78 is 0. The van der Waals surface area contributed by atoms with Crippen molar-refractivity contribution < 1.29 is 4.79 Å². The Morgan fingerprint density at radius 1 is 1.67 bits per heavy atom. The van der Waals surface area contributed by atoms with E-state index in [-0.39, 0.29) is 11.7 Å². The summed E-state index contributed by atoms with van der Waals surface area (Å²) in [6.45, 7) is 3.54. The fourth-order valence-electron chi connectivity index (χ4n) is 0.336. The lowest BCUT2D eigenvalue weighted by Crippen LogP contribution is -2.28. The summed E-state index contributed by atoms with van der Waals surface area (Å²) in [6, 6.07) is 0. The van der Waals surface area contributed by atoms with E-state index in [0.29, 0.717) is 6.42 Å². The molecule has 9 heavy (non-hydrogen) atoms. The van der Waals surface area contributed by atoms with E-state index in [1.54, 1.807) is 6.92 Å². The average molecular weight is 169 g/mol. The van der Waals surface area contributed by atoms with Crippen LogP contribution in [0.3, 0.4) is 0 Å². The number of rotatable bonds is 3. The second-order valence-corrected chi connectivity index (χ2v) is 3.21. The molecule has 0 amide bonds. The number of carbonyl (C=O) groups is 1. The van der Waals surface area contributed by atoms with Gasteiger partial charge in [0.05, 0.1) is 5.88 Å². The minimum atomic E-state index is -0.748. The Bertz CT molecular complexity index is 110. The molecule has 0 aliphatic heterocycles. The zero-order valence-corrected chi connectivity index (χ0v) is 7.09. The fourth-order valence-corrected chi connectivity index (χ4v) is 0.767. The molecule has 0 saturated carbocycles. The van der Waals surface area contributed by atoms with Crippen LogP contribution < -0.4 is 0 Å². The average Bonchev–Trinajstić information content (AvgIpc) is 1.86. The van der Waals surface area contributed by atoms with E-state index in [1.807, 2.05) is 6.92 Å². The molecule has 0 aromatic carbocycles. The van der Waals surface area contributed by atoms with Crippen LogP contribution in [0.25, 0.3) is 0 Å². The molecule has 0 aromatic rings. The van der Waals surface area contributed by atoms with Crippen molar-refractivity contribution in [3.8, 4) is 0 Å². The van der Waals surface area contributed by atoms with Gasteiger partial charge in [0, 0.05) is 0 Å². The van der Waals surface area contributed by atoms with Crippen LogP contribution in [-0.4, -0.2) is 16.5 Å². The van der Waals surface area contributed by atoms with Gasteiger partial charge in [0.2, 0.25) is 0 Å². The van der Waals surface area contributed by atoms with Gasteiger partial charge in [-0.1, -0.05) is 6.92 Å². The molecule has 54 valence electrons. The van der Waals surface area contributed by atoms with Gasteiger partial charge in [-0.2, -0.15) is 0 Å². The predicted octanol–water partition coefficient (Wildman–Crippen LogP) is 2.20. The Hall–Kier alpha value is 0.250. The number of carbonyl (C=O) groups excluding carboxylic acids is 1. The zero-order chi connectivity index (χ0) is 7.49. The molecule has 0 bridgehead atoms. The van der Waals surface area contributed by atoms with Crippen molar-refractivity contribution >= 4 is 29.0 Å². The lowest BCUT2D eigenvalue weighted by molar-refractivity contribution is -0.118. The molecule has 0 heterocycles. The van der Waals surface area contributed by atoms with E-state index in [4.69, 9.17) is 23.2 Å². The Labute approximate surface area is 65.3 Å². The molecule has 0 rings (SSSR count). The molecule has 0 N–H and O–H groups in total. The number of Topliss-reactive ketones (excluding diaryl/α,β-unsaturated/α-hetero) is 1. The van der Waals surface area contributed by atoms with Gasteiger partial charge < -0.3 is 0 Å². The van der Waals surface area contributed by atoms with Crippen molar-refractivity contribution in [3.05, 3.63) is 0 Å². The molecule has 0 aliphatic carbocycles. The van der Waals surface area contributed by atoms with Crippen LogP contribution in [0.4, 0.5) is 0 Å². The molecule has 0 spiro atoms. The highest BCUT2D eigenvalue weighted by molar-refractivity contribution is 6.40. The second kappa shape index (κ2) is 3.43. The van der Waals surface area contributed by atoms with Gasteiger partial charge in [0.25, 0.3) is 0 Å². The standard InChI is InChI=1S/C6H10Cl2O/c1-3-6(2,8)5(9)4-7/h3-4H2,1-2H3.